The summed E-state index contributed by atoms with van der Waals surface area (Å²) in [6, 6.07) is 8.00. The Morgan fingerprint density at radius 3 is 2.82 bits per heavy atom. The second kappa shape index (κ2) is 7.33. The lowest BCUT2D eigenvalue weighted by Crippen LogP contribution is -2.43. The first-order valence-electron chi connectivity index (χ1n) is 7.80. The van der Waals surface area contributed by atoms with Crippen LogP contribution in [0.1, 0.15) is 32.3 Å². The van der Waals surface area contributed by atoms with Crippen molar-refractivity contribution in [2.75, 3.05) is 24.5 Å². The summed E-state index contributed by atoms with van der Waals surface area (Å²) in [5.74, 6) is 2.78. The van der Waals surface area contributed by atoms with Crippen LogP contribution in [0.3, 0.4) is 0 Å². The summed E-state index contributed by atoms with van der Waals surface area (Å²) in [5.41, 5.74) is 1.82. The fourth-order valence-corrected chi connectivity index (χ4v) is 2.82. The van der Waals surface area contributed by atoms with Gasteiger partial charge in [-0.25, -0.2) is 0 Å². The normalized spacial score (nSPS) is 16.0. The molecule has 0 radical (unpaired) electrons. The molecule has 1 heterocycles. The molecule has 22 heavy (non-hydrogen) atoms. The van der Waals surface area contributed by atoms with E-state index in [1.54, 1.807) is 4.90 Å². The minimum absolute atomic E-state index is 0.143. The molecule has 0 aromatic heterocycles. The zero-order valence-electron chi connectivity index (χ0n) is 13.3. The van der Waals surface area contributed by atoms with Gasteiger partial charge in [-0.05, 0) is 38.5 Å². The van der Waals surface area contributed by atoms with Gasteiger partial charge in [-0.1, -0.05) is 12.0 Å². The third kappa shape index (κ3) is 4.02. The highest BCUT2D eigenvalue weighted by Gasteiger charge is 2.24. The van der Waals surface area contributed by atoms with Crippen molar-refractivity contribution < 1.29 is 9.90 Å². The van der Waals surface area contributed by atoms with Crippen molar-refractivity contribution in [3.63, 3.8) is 0 Å². The maximum absolute atomic E-state index is 11.7. The van der Waals surface area contributed by atoms with E-state index >= 15 is 0 Å². The number of anilines is 1. The van der Waals surface area contributed by atoms with Gasteiger partial charge < -0.3 is 14.9 Å². The Bertz CT molecular complexity index is 562. The van der Waals surface area contributed by atoms with Crippen LogP contribution in [0, 0.1) is 12.3 Å². The van der Waals surface area contributed by atoms with Crippen LogP contribution in [-0.2, 0) is 4.79 Å². The molecule has 0 spiro atoms. The number of aliphatic hydroxyl groups is 1. The second-order valence-electron chi connectivity index (χ2n) is 6.04. The zero-order valence-corrected chi connectivity index (χ0v) is 13.3. The maximum Gasteiger partial charge on any atom is 0.222 e. The van der Waals surface area contributed by atoms with Crippen molar-refractivity contribution >= 4 is 11.6 Å². The Hall–Kier alpha value is -1.99. The smallest absolute Gasteiger partial charge is 0.222 e. The highest BCUT2D eigenvalue weighted by atomic mass is 16.3. The number of benzene rings is 1. The van der Waals surface area contributed by atoms with Gasteiger partial charge in [-0.3, -0.25) is 4.79 Å². The third-order valence-electron chi connectivity index (χ3n) is 3.98. The number of nitrogens with zero attached hydrogens (tertiary/aromatic N) is 2. The van der Waals surface area contributed by atoms with E-state index in [9.17, 15) is 9.90 Å². The maximum atomic E-state index is 11.7. The number of aliphatic hydroxyl groups excluding tert-OH is 1. The summed E-state index contributed by atoms with van der Waals surface area (Å²) in [5, 5.41) is 10.4. The number of hydrogen-bond donors (Lipinski definition) is 1. The van der Waals surface area contributed by atoms with Gasteiger partial charge in [0.05, 0.1) is 6.10 Å². The molecule has 118 valence electrons. The number of likely N-dealkylation sites (tertiary alicyclic amines) is 1. The molecule has 1 amide bonds. The van der Waals surface area contributed by atoms with Crippen LogP contribution in [-0.4, -0.2) is 47.7 Å². The first-order valence-corrected chi connectivity index (χ1v) is 7.80. The van der Waals surface area contributed by atoms with Crippen LogP contribution in [0.4, 0.5) is 5.69 Å². The SMILES string of the molecule is C#Cc1cccc(N(CC(O)CN2CCCC2=O)C(C)C)c1. The monoisotopic (exact) mass is 300 g/mol. The van der Waals surface area contributed by atoms with E-state index in [1.165, 1.54) is 0 Å². The van der Waals surface area contributed by atoms with E-state index in [4.69, 9.17) is 6.42 Å². The van der Waals surface area contributed by atoms with E-state index in [0.717, 1.165) is 24.2 Å². The van der Waals surface area contributed by atoms with Gasteiger partial charge in [-0.2, -0.15) is 0 Å². The van der Waals surface area contributed by atoms with E-state index in [-0.39, 0.29) is 11.9 Å². The number of carbonyl (C=O) groups excluding carboxylic acids is 1. The first kappa shape index (κ1) is 16.4. The molecule has 1 aromatic carbocycles. The Morgan fingerprint density at radius 2 is 2.23 bits per heavy atom. The highest BCUT2D eigenvalue weighted by Crippen LogP contribution is 2.19. The summed E-state index contributed by atoms with van der Waals surface area (Å²) in [4.78, 5) is 15.5. The van der Waals surface area contributed by atoms with E-state index in [1.807, 2.05) is 24.3 Å². The molecule has 1 fully saturated rings. The molecule has 1 aliphatic rings. The number of terminal acetylenes is 1. The molecule has 2 rings (SSSR count). The third-order valence-corrected chi connectivity index (χ3v) is 3.98. The van der Waals surface area contributed by atoms with E-state index in [2.05, 4.69) is 24.7 Å². The van der Waals surface area contributed by atoms with Crippen molar-refractivity contribution in [2.24, 2.45) is 0 Å². The van der Waals surface area contributed by atoms with Crippen LogP contribution < -0.4 is 4.90 Å². The van der Waals surface area contributed by atoms with Crippen LogP contribution in [0.15, 0.2) is 24.3 Å². The lowest BCUT2D eigenvalue weighted by molar-refractivity contribution is -0.128. The minimum atomic E-state index is -0.570. The highest BCUT2D eigenvalue weighted by molar-refractivity contribution is 5.78. The summed E-state index contributed by atoms with van der Waals surface area (Å²) in [6.07, 6.45) is 6.38. The van der Waals surface area contributed by atoms with Gasteiger partial charge in [-0.15, -0.1) is 6.42 Å². The topological polar surface area (TPSA) is 43.8 Å². The molecule has 4 heteroatoms. The molecule has 1 atom stereocenters. The van der Waals surface area contributed by atoms with Crippen molar-refractivity contribution in [2.45, 2.75) is 38.8 Å². The average Bonchev–Trinajstić information content (AvgIpc) is 2.89. The van der Waals surface area contributed by atoms with Crippen LogP contribution in [0.5, 0.6) is 0 Å². The lowest BCUT2D eigenvalue weighted by Gasteiger charge is -2.32. The van der Waals surface area contributed by atoms with Crippen LogP contribution >= 0.6 is 0 Å². The molecule has 4 nitrogen and oxygen atoms in total. The Labute approximate surface area is 132 Å². The largest absolute Gasteiger partial charge is 0.389 e. The number of β-amino-alcohol motifs (C(OH)–C–C–N with tert-alkyl or cyclic N) is 1. The molecule has 1 unspecified atom stereocenters. The summed E-state index contributed by atoms with van der Waals surface area (Å²) < 4.78 is 0. The zero-order chi connectivity index (χ0) is 16.1. The molecular weight excluding hydrogens is 276 g/mol. The standard InChI is InChI=1S/C18H24N2O2/c1-4-15-7-5-8-16(11-15)20(14(2)3)13-17(21)12-19-10-6-9-18(19)22/h1,5,7-8,11,14,17,21H,6,9-10,12-13H2,2-3H3. The summed E-state index contributed by atoms with van der Waals surface area (Å²) in [6.45, 7) is 5.79. The summed E-state index contributed by atoms with van der Waals surface area (Å²) >= 11 is 0. The quantitative estimate of drug-likeness (QED) is 0.816. The predicted molar refractivity (Wildman–Crippen MR) is 88.7 cm³/mol. The van der Waals surface area contributed by atoms with Gasteiger partial charge in [0, 0.05) is 43.3 Å². The van der Waals surface area contributed by atoms with Crippen LogP contribution in [0.25, 0.3) is 0 Å². The summed E-state index contributed by atoms with van der Waals surface area (Å²) in [7, 11) is 0. The predicted octanol–water partition coefficient (Wildman–Crippen LogP) is 1.87. The average molecular weight is 300 g/mol. The minimum Gasteiger partial charge on any atom is -0.389 e. The van der Waals surface area contributed by atoms with E-state index in [0.29, 0.717) is 19.5 Å². The van der Waals surface area contributed by atoms with Gasteiger partial charge in [0.1, 0.15) is 0 Å². The van der Waals surface area contributed by atoms with Gasteiger partial charge in [0.25, 0.3) is 0 Å². The molecule has 0 saturated carbocycles. The number of carbonyl (C=O) groups is 1. The van der Waals surface area contributed by atoms with Gasteiger partial charge >= 0.3 is 0 Å². The molecule has 0 bridgehead atoms. The van der Waals surface area contributed by atoms with Gasteiger partial charge in [0.2, 0.25) is 5.91 Å². The number of hydrogen-bond acceptors (Lipinski definition) is 3. The molecule has 1 N–H and O–H groups in total. The second-order valence-corrected chi connectivity index (χ2v) is 6.04. The van der Waals surface area contributed by atoms with Crippen molar-refractivity contribution in [3.05, 3.63) is 29.8 Å². The Balaban J connectivity index is 2.05. The number of rotatable bonds is 6. The molecular formula is C18H24N2O2. The Kier molecular flexibility index (Phi) is 5.46. The molecule has 0 aliphatic carbocycles. The fraction of sp³-hybridized carbons (Fsp3) is 0.500. The molecule has 1 saturated heterocycles. The van der Waals surface area contributed by atoms with Gasteiger partial charge in [0.15, 0.2) is 0 Å². The number of amides is 1. The van der Waals surface area contributed by atoms with Crippen LogP contribution in [0.2, 0.25) is 0 Å². The van der Waals surface area contributed by atoms with Crippen molar-refractivity contribution in [1.82, 2.24) is 4.90 Å². The van der Waals surface area contributed by atoms with Crippen molar-refractivity contribution in [3.8, 4) is 12.3 Å². The van der Waals surface area contributed by atoms with Crippen molar-refractivity contribution in [1.29, 1.82) is 0 Å². The lowest BCUT2D eigenvalue weighted by atomic mass is 10.1. The molecule has 1 aromatic rings. The Morgan fingerprint density at radius 1 is 1.45 bits per heavy atom. The van der Waals surface area contributed by atoms with E-state index < -0.39 is 6.10 Å². The first-order chi connectivity index (χ1) is 10.5. The fourth-order valence-electron chi connectivity index (χ4n) is 2.82. The molecule has 1 aliphatic heterocycles.